The van der Waals surface area contributed by atoms with E-state index in [2.05, 4.69) is 21.2 Å². The van der Waals surface area contributed by atoms with E-state index >= 15 is 0 Å². The quantitative estimate of drug-likeness (QED) is 0.509. The van der Waals surface area contributed by atoms with Gasteiger partial charge in [0.2, 0.25) is 0 Å². The number of aromatic nitrogens is 1. The van der Waals surface area contributed by atoms with E-state index in [0.29, 0.717) is 11.3 Å². The molecular weight excluding hydrogens is 502 g/mol. The van der Waals surface area contributed by atoms with Gasteiger partial charge in [0, 0.05) is 36.0 Å². The number of rotatable bonds is 6. The highest BCUT2D eigenvalue weighted by Crippen LogP contribution is 2.29. The maximum Gasteiger partial charge on any atom is 0.337 e. The van der Waals surface area contributed by atoms with Gasteiger partial charge in [-0.25, -0.2) is 13.6 Å². The van der Waals surface area contributed by atoms with Gasteiger partial charge < -0.3 is 15.2 Å². The third-order valence-electron chi connectivity index (χ3n) is 5.05. The number of halogens is 3. The lowest BCUT2D eigenvalue weighted by molar-refractivity contribution is 0.0696. The van der Waals surface area contributed by atoms with E-state index in [-0.39, 0.29) is 39.2 Å². The van der Waals surface area contributed by atoms with Gasteiger partial charge in [0.05, 0.1) is 11.3 Å². The van der Waals surface area contributed by atoms with Crippen LogP contribution in [0.25, 0.3) is 5.69 Å². The largest absolute Gasteiger partial charge is 0.487 e. The molecule has 0 aliphatic heterocycles. The van der Waals surface area contributed by atoms with Gasteiger partial charge in [0.25, 0.3) is 11.5 Å². The Morgan fingerprint density at radius 1 is 1.12 bits per heavy atom. The van der Waals surface area contributed by atoms with Gasteiger partial charge >= 0.3 is 5.97 Å². The summed E-state index contributed by atoms with van der Waals surface area (Å²) in [7, 11) is 1.44. The smallest absolute Gasteiger partial charge is 0.337 e. The summed E-state index contributed by atoms with van der Waals surface area (Å²) in [6.07, 6.45) is 0. The zero-order valence-electron chi connectivity index (χ0n) is 17.8. The van der Waals surface area contributed by atoms with E-state index < -0.39 is 29.1 Å². The van der Waals surface area contributed by atoms with Crippen LogP contribution in [-0.2, 0) is 6.61 Å². The maximum absolute atomic E-state index is 13.9. The number of nitrogens with one attached hydrogen (secondary N) is 1. The summed E-state index contributed by atoms with van der Waals surface area (Å²) in [5, 5.41) is 12.2. The van der Waals surface area contributed by atoms with E-state index in [9.17, 15) is 28.3 Å². The van der Waals surface area contributed by atoms with E-state index in [1.807, 2.05) is 0 Å². The van der Waals surface area contributed by atoms with Crippen molar-refractivity contribution in [3.63, 3.8) is 0 Å². The highest BCUT2D eigenvalue weighted by Gasteiger charge is 2.23. The number of carboxylic acids is 1. The van der Waals surface area contributed by atoms with Crippen LogP contribution >= 0.6 is 15.9 Å². The minimum absolute atomic E-state index is 0.0308. The summed E-state index contributed by atoms with van der Waals surface area (Å²) in [4.78, 5) is 37.3. The second kappa shape index (κ2) is 9.53. The molecule has 7 nitrogen and oxygen atoms in total. The summed E-state index contributed by atoms with van der Waals surface area (Å²) in [5.74, 6) is -3.12. The number of carboxylic acid groups (broad SMARTS) is 1. The lowest BCUT2D eigenvalue weighted by atomic mass is 10.00. The van der Waals surface area contributed by atoms with Crippen molar-refractivity contribution in [2.24, 2.45) is 0 Å². The Morgan fingerprint density at radius 2 is 1.79 bits per heavy atom. The van der Waals surface area contributed by atoms with Crippen LogP contribution in [0, 0.1) is 25.5 Å². The maximum atomic E-state index is 13.9. The van der Waals surface area contributed by atoms with Crippen LogP contribution < -0.4 is 15.6 Å². The molecule has 0 bridgehead atoms. The van der Waals surface area contributed by atoms with Crippen molar-refractivity contribution in [2.75, 3.05) is 7.05 Å². The average Bonchev–Trinajstić information content (AvgIpc) is 2.76. The minimum Gasteiger partial charge on any atom is -0.487 e. The van der Waals surface area contributed by atoms with Crippen LogP contribution in [0.3, 0.4) is 0 Å². The summed E-state index contributed by atoms with van der Waals surface area (Å²) in [5.41, 5.74) is 0.164. The number of nitrogens with zero attached hydrogens (tertiary/aromatic N) is 1. The molecule has 0 saturated heterocycles. The molecule has 1 heterocycles. The van der Waals surface area contributed by atoms with E-state index in [0.717, 1.165) is 12.1 Å². The van der Waals surface area contributed by atoms with E-state index in [1.54, 1.807) is 13.8 Å². The third kappa shape index (κ3) is 4.65. The molecule has 0 spiro atoms. The van der Waals surface area contributed by atoms with Crippen LogP contribution in [0.5, 0.6) is 5.75 Å². The van der Waals surface area contributed by atoms with Gasteiger partial charge in [0.15, 0.2) is 0 Å². The topological polar surface area (TPSA) is 97.6 Å². The molecule has 3 rings (SSSR count). The first-order chi connectivity index (χ1) is 15.6. The molecule has 10 heteroatoms. The Kier molecular flexibility index (Phi) is 6.97. The number of amides is 1. The average molecular weight is 521 g/mol. The summed E-state index contributed by atoms with van der Waals surface area (Å²) < 4.78 is 33.7. The third-order valence-corrected chi connectivity index (χ3v) is 5.78. The van der Waals surface area contributed by atoms with Gasteiger partial charge in [-0.1, -0.05) is 0 Å². The van der Waals surface area contributed by atoms with Crippen molar-refractivity contribution < 1.29 is 28.2 Å². The number of aryl methyl sites for hydroxylation is 1. The number of benzene rings is 2. The second-order valence-electron chi connectivity index (χ2n) is 7.15. The normalized spacial score (nSPS) is 10.7. The Labute approximate surface area is 195 Å². The fourth-order valence-electron chi connectivity index (χ4n) is 3.40. The second-order valence-corrected chi connectivity index (χ2v) is 7.94. The molecule has 0 aliphatic rings. The fourth-order valence-corrected chi connectivity index (χ4v) is 3.81. The molecule has 33 heavy (non-hydrogen) atoms. The Morgan fingerprint density at radius 3 is 2.39 bits per heavy atom. The zero-order chi connectivity index (χ0) is 24.4. The highest BCUT2D eigenvalue weighted by molar-refractivity contribution is 9.10. The van der Waals surface area contributed by atoms with Gasteiger partial charge in [-0.3, -0.25) is 14.2 Å². The number of carbonyl (C=O) groups is 2. The Hall–Kier alpha value is -3.53. The summed E-state index contributed by atoms with van der Waals surface area (Å²) >= 11 is 3.17. The monoisotopic (exact) mass is 520 g/mol. The first-order valence-corrected chi connectivity index (χ1v) is 10.4. The molecule has 0 unspecified atom stereocenters. The molecule has 0 radical (unpaired) electrons. The molecular formula is C23H19BrF2N2O5. The van der Waals surface area contributed by atoms with Gasteiger partial charge in [-0.2, -0.15) is 0 Å². The molecule has 2 N–H and O–H groups in total. The first-order valence-electron chi connectivity index (χ1n) is 9.65. The molecule has 0 atom stereocenters. The van der Waals surface area contributed by atoms with E-state index in [1.165, 1.54) is 35.9 Å². The molecule has 1 aromatic heterocycles. The van der Waals surface area contributed by atoms with Crippen LogP contribution in [-0.4, -0.2) is 28.6 Å². The first kappa shape index (κ1) is 24.1. The number of ether oxygens (including phenoxy) is 1. The van der Waals surface area contributed by atoms with Crippen LogP contribution in [0.2, 0.25) is 0 Å². The number of aromatic carboxylic acids is 1. The standard InChI is InChI=1S/C23H19BrF2N2O5/c1-11-8-18(33-10-13-4-5-14(25)9-17(13)26)19(24)22(30)28(11)20-12(2)15(21(29)27-3)6-7-16(20)23(31)32/h4-9H,10H2,1-3H3,(H,27,29)(H,31,32). The van der Waals surface area contributed by atoms with Crippen molar-refractivity contribution in [2.45, 2.75) is 20.5 Å². The molecule has 172 valence electrons. The number of pyridine rings is 1. The van der Waals surface area contributed by atoms with Crippen molar-refractivity contribution in [3.05, 3.63) is 90.8 Å². The lowest BCUT2D eigenvalue weighted by Gasteiger charge is -2.19. The van der Waals surface area contributed by atoms with E-state index in [4.69, 9.17) is 4.74 Å². The molecule has 0 aliphatic carbocycles. The lowest BCUT2D eigenvalue weighted by Crippen LogP contribution is -2.27. The molecule has 0 saturated carbocycles. The van der Waals surface area contributed by atoms with Crippen LogP contribution in [0.4, 0.5) is 8.78 Å². The minimum atomic E-state index is -1.27. The summed E-state index contributed by atoms with van der Waals surface area (Å²) in [6.45, 7) is 2.85. The van der Waals surface area contributed by atoms with Crippen LogP contribution in [0.15, 0.2) is 45.7 Å². The zero-order valence-corrected chi connectivity index (χ0v) is 19.4. The fraction of sp³-hybridized carbons (Fsp3) is 0.174. The molecule has 2 aromatic carbocycles. The SMILES string of the molecule is CNC(=O)c1ccc(C(=O)O)c(-n2c(C)cc(OCc3ccc(F)cc3F)c(Br)c2=O)c1C. The predicted molar refractivity (Wildman–Crippen MR) is 120 cm³/mol. The molecule has 1 amide bonds. The predicted octanol–water partition coefficient (Wildman–Crippen LogP) is 4.13. The highest BCUT2D eigenvalue weighted by atomic mass is 79.9. The van der Waals surface area contributed by atoms with Crippen molar-refractivity contribution in [3.8, 4) is 11.4 Å². The summed E-state index contributed by atoms with van der Waals surface area (Å²) in [6, 6.07) is 7.17. The number of carbonyl (C=O) groups excluding carboxylic acids is 1. The Bertz CT molecular complexity index is 1340. The molecule has 3 aromatic rings. The van der Waals surface area contributed by atoms with Gasteiger partial charge in [-0.05, 0) is 59.6 Å². The van der Waals surface area contributed by atoms with Crippen molar-refractivity contribution >= 4 is 27.8 Å². The Balaban J connectivity index is 2.13. The van der Waals surface area contributed by atoms with Crippen LogP contribution in [0.1, 0.15) is 37.5 Å². The number of hydrogen-bond donors (Lipinski definition) is 2. The van der Waals surface area contributed by atoms with Gasteiger partial charge in [0.1, 0.15) is 28.5 Å². The number of hydrogen-bond acceptors (Lipinski definition) is 4. The van der Waals surface area contributed by atoms with Crippen molar-refractivity contribution in [1.29, 1.82) is 0 Å². The van der Waals surface area contributed by atoms with Gasteiger partial charge in [-0.15, -0.1) is 0 Å². The van der Waals surface area contributed by atoms with Crippen molar-refractivity contribution in [1.82, 2.24) is 9.88 Å². The molecule has 0 fully saturated rings.